The van der Waals surface area contributed by atoms with Gasteiger partial charge < -0.3 is 9.64 Å². The SMILES string of the molecule is C=COC(=O)C(=C)N1CCCC1=O. The summed E-state index contributed by atoms with van der Waals surface area (Å²) in [6.07, 6.45) is 2.26. The molecular formula is C9H11NO3. The van der Waals surface area contributed by atoms with Gasteiger partial charge in [0.25, 0.3) is 0 Å². The number of ether oxygens (including phenoxy) is 1. The fourth-order valence-corrected chi connectivity index (χ4v) is 1.19. The van der Waals surface area contributed by atoms with Crippen LogP contribution in [0.25, 0.3) is 0 Å². The minimum atomic E-state index is -0.620. The Morgan fingerprint density at radius 1 is 1.62 bits per heavy atom. The Labute approximate surface area is 76.5 Å². The zero-order valence-electron chi connectivity index (χ0n) is 7.28. The Morgan fingerprint density at radius 2 is 2.31 bits per heavy atom. The van der Waals surface area contributed by atoms with E-state index >= 15 is 0 Å². The number of likely N-dealkylation sites (tertiary alicyclic amines) is 1. The molecule has 0 unspecified atom stereocenters. The Hall–Kier alpha value is -1.58. The molecule has 70 valence electrons. The predicted molar refractivity (Wildman–Crippen MR) is 46.4 cm³/mol. The molecular weight excluding hydrogens is 170 g/mol. The smallest absolute Gasteiger partial charge is 0.359 e. The van der Waals surface area contributed by atoms with Crippen LogP contribution in [0, 0.1) is 0 Å². The molecule has 1 saturated heterocycles. The van der Waals surface area contributed by atoms with Crippen molar-refractivity contribution in [2.24, 2.45) is 0 Å². The van der Waals surface area contributed by atoms with Gasteiger partial charge in [-0.25, -0.2) is 4.79 Å². The van der Waals surface area contributed by atoms with Gasteiger partial charge in [0.2, 0.25) is 5.91 Å². The van der Waals surface area contributed by atoms with Crippen LogP contribution < -0.4 is 0 Å². The van der Waals surface area contributed by atoms with Gasteiger partial charge in [0.05, 0.1) is 6.26 Å². The number of hydrogen-bond donors (Lipinski definition) is 0. The van der Waals surface area contributed by atoms with Crippen LogP contribution in [0.3, 0.4) is 0 Å². The van der Waals surface area contributed by atoms with E-state index in [1.165, 1.54) is 4.90 Å². The molecule has 0 aliphatic carbocycles. The maximum absolute atomic E-state index is 11.2. The normalized spacial score (nSPS) is 15.7. The largest absolute Gasteiger partial charge is 0.430 e. The summed E-state index contributed by atoms with van der Waals surface area (Å²) in [4.78, 5) is 23.6. The Balaban J connectivity index is 2.61. The van der Waals surface area contributed by atoms with Gasteiger partial charge in [-0.2, -0.15) is 0 Å². The highest BCUT2D eigenvalue weighted by atomic mass is 16.5. The van der Waals surface area contributed by atoms with E-state index in [4.69, 9.17) is 0 Å². The molecule has 0 radical (unpaired) electrons. The molecule has 0 bridgehead atoms. The molecule has 1 aliphatic rings. The van der Waals surface area contributed by atoms with E-state index in [0.29, 0.717) is 13.0 Å². The quantitative estimate of drug-likeness (QED) is 0.367. The van der Waals surface area contributed by atoms with E-state index in [1.54, 1.807) is 0 Å². The van der Waals surface area contributed by atoms with Crippen molar-refractivity contribution in [2.45, 2.75) is 12.8 Å². The number of rotatable bonds is 3. The summed E-state index contributed by atoms with van der Waals surface area (Å²) in [6, 6.07) is 0. The van der Waals surface area contributed by atoms with Crippen molar-refractivity contribution >= 4 is 11.9 Å². The van der Waals surface area contributed by atoms with Gasteiger partial charge in [-0.05, 0) is 6.42 Å². The van der Waals surface area contributed by atoms with Gasteiger partial charge in [-0.15, -0.1) is 0 Å². The lowest BCUT2D eigenvalue weighted by atomic mass is 10.4. The summed E-state index contributed by atoms with van der Waals surface area (Å²) < 4.78 is 4.50. The van der Waals surface area contributed by atoms with Gasteiger partial charge in [0, 0.05) is 13.0 Å². The zero-order valence-corrected chi connectivity index (χ0v) is 7.28. The zero-order chi connectivity index (χ0) is 9.84. The van der Waals surface area contributed by atoms with Crippen LogP contribution in [-0.4, -0.2) is 23.3 Å². The number of amides is 1. The van der Waals surface area contributed by atoms with E-state index in [9.17, 15) is 9.59 Å². The highest BCUT2D eigenvalue weighted by Gasteiger charge is 2.26. The lowest BCUT2D eigenvalue weighted by Crippen LogP contribution is -2.28. The maximum atomic E-state index is 11.2. The second-order valence-corrected chi connectivity index (χ2v) is 2.67. The third kappa shape index (κ3) is 1.96. The van der Waals surface area contributed by atoms with Gasteiger partial charge >= 0.3 is 5.97 Å². The molecule has 1 amide bonds. The molecule has 1 aliphatic heterocycles. The van der Waals surface area contributed by atoms with Crippen LogP contribution in [0.2, 0.25) is 0 Å². The Morgan fingerprint density at radius 3 is 2.77 bits per heavy atom. The van der Waals surface area contributed by atoms with E-state index in [-0.39, 0.29) is 11.6 Å². The lowest BCUT2D eigenvalue weighted by molar-refractivity contribution is -0.138. The summed E-state index contributed by atoms with van der Waals surface area (Å²) in [5, 5.41) is 0. The van der Waals surface area contributed by atoms with E-state index in [1.807, 2.05) is 0 Å². The van der Waals surface area contributed by atoms with Crippen LogP contribution in [-0.2, 0) is 14.3 Å². The second kappa shape index (κ2) is 3.89. The first-order chi connectivity index (χ1) is 6.16. The number of esters is 1. The van der Waals surface area contributed by atoms with Crippen molar-refractivity contribution in [1.82, 2.24) is 4.90 Å². The fraction of sp³-hybridized carbons (Fsp3) is 0.333. The van der Waals surface area contributed by atoms with Gasteiger partial charge in [0.15, 0.2) is 0 Å². The fourth-order valence-electron chi connectivity index (χ4n) is 1.19. The monoisotopic (exact) mass is 181 g/mol. The number of carbonyl (C=O) groups is 2. The number of carbonyl (C=O) groups excluding carboxylic acids is 2. The third-order valence-electron chi connectivity index (χ3n) is 1.83. The molecule has 0 atom stereocenters. The molecule has 0 aromatic heterocycles. The summed E-state index contributed by atoms with van der Waals surface area (Å²) in [6.45, 7) is 7.28. The standard InChI is InChI=1S/C9H11NO3/c1-3-13-9(12)7(2)10-6-4-5-8(10)11/h3H,1-2,4-6H2. The molecule has 0 N–H and O–H groups in total. The second-order valence-electron chi connectivity index (χ2n) is 2.67. The first-order valence-electron chi connectivity index (χ1n) is 3.98. The van der Waals surface area contributed by atoms with Crippen LogP contribution in [0.15, 0.2) is 25.1 Å². The first-order valence-corrected chi connectivity index (χ1v) is 3.98. The van der Waals surface area contributed by atoms with Crippen molar-refractivity contribution in [2.75, 3.05) is 6.54 Å². The Bertz CT molecular complexity index is 270. The summed E-state index contributed by atoms with van der Waals surface area (Å²) in [7, 11) is 0. The molecule has 0 aromatic carbocycles. The molecule has 13 heavy (non-hydrogen) atoms. The van der Waals surface area contributed by atoms with Crippen molar-refractivity contribution < 1.29 is 14.3 Å². The van der Waals surface area contributed by atoms with Gasteiger partial charge in [-0.3, -0.25) is 4.79 Å². The van der Waals surface area contributed by atoms with E-state index in [0.717, 1.165) is 12.7 Å². The average Bonchev–Trinajstić information content (AvgIpc) is 2.50. The van der Waals surface area contributed by atoms with Crippen molar-refractivity contribution in [1.29, 1.82) is 0 Å². The maximum Gasteiger partial charge on any atom is 0.359 e. The molecule has 4 heteroatoms. The van der Waals surface area contributed by atoms with Crippen LogP contribution >= 0.6 is 0 Å². The molecule has 0 saturated carbocycles. The molecule has 1 fully saturated rings. The molecule has 4 nitrogen and oxygen atoms in total. The van der Waals surface area contributed by atoms with Crippen molar-refractivity contribution in [3.63, 3.8) is 0 Å². The van der Waals surface area contributed by atoms with Gasteiger partial charge in [-0.1, -0.05) is 13.2 Å². The molecule has 0 spiro atoms. The van der Waals surface area contributed by atoms with Crippen molar-refractivity contribution in [3.05, 3.63) is 25.1 Å². The summed E-state index contributed by atoms with van der Waals surface area (Å²) >= 11 is 0. The topological polar surface area (TPSA) is 46.6 Å². The minimum Gasteiger partial charge on any atom is -0.430 e. The summed E-state index contributed by atoms with van der Waals surface area (Å²) in [5.74, 6) is -0.698. The highest BCUT2D eigenvalue weighted by Crippen LogP contribution is 2.15. The lowest BCUT2D eigenvalue weighted by Gasteiger charge is -2.15. The average molecular weight is 181 g/mol. The predicted octanol–water partition coefficient (Wildman–Crippen LogP) is 0.809. The number of hydrogen-bond acceptors (Lipinski definition) is 3. The Kier molecular flexibility index (Phi) is 2.84. The number of nitrogens with zero attached hydrogens (tertiary/aromatic N) is 1. The van der Waals surface area contributed by atoms with Crippen molar-refractivity contribution in [3.8, 4) is 0 Å². The van der Waals surface area contributed by atoms with E-state index in [2.05, 4.69) is 17.9 Å². The third-order valence-corrected chi connectivity index (χ3v) is 1.83. The van der Waals surface area contributed by atoms with E-state index < -0.39 is 5.97 Å². The molecule has 1 rings (SSSR count). The summed E-state index contributed by atoms with van der Waals surface area (Å²) in [5.41, 5.74) is 0.0856. The van der Waals surface area contributed by atoms with Crippen LogP contribution in [0.4, 0.5) is 0 Å². The first kappa shape index (κ1) is 9.51. The minimum absolute atomic E-state index is 0.0778. The molecule has 0 aromatic rings. The van der Waals surface area contributed by atoms with Gasteiger partial charge in [0.1, 0.15) is 5.70 Å². The molecule has 1 heterocycles. The van der Waals surface area contributed by atoms with Crippen LogP contribution in [0.1, 0.15) is 12.8 Å². The van der Waals surface area contributed by atoms with Crippen LogP contribution in [0.5, 0.6) is 0 Å². The highest BCUT2D eigenvalue weighted by molar-refractivity contribution is 5.94.